The zero-order chi connectivity index (χ0) is 31.1. The van der Waals surface area contributed by atoms with Crippen LogP contribution in [0, 0.1) is 11.3 Å². The van der Waals surface area contributed by atoms with Gasteiger partial charge in [0.2, 0.25) is 17.7 Å². The number of alkyl halides is 1. The number of carbonyl (C=O) groups is 3. The third kappa shape index (κ3) is 6.96. The maximum Gasteiger partial charge on any atom is 0.244 e. The van der Waals surface area contributed by atoms with Gasteiger partial charge >= 0.3 is 0 Å². The minimum absolute atomic E-state index is 0.000950. The van der Waals surface area contributed by atoms with Crippen LogP contribution in [-0.2, 0) is 14.4 Å². The molecule has 1 aliphatic carbocycles. The molecule has 3 amide bonds. The number of halogens is 2. The minimum Gasteiger partial charge on any atom is -0.347 e. The molecule has 0 unspecified atom stereocenters. The van der Waals surface area contributed by atoms with Crippen LogP contribution in [0.4, 0.5) is 4.39 Å². The predicted octanol–water partition coefficient (Wildman–Crippen LogP) is 5.37. The van der Waals surface area contributed by atoms with Crippen molar-refractivity contribution in [2.45, 2.75) is 109 Å². The summed E-state index contributed by atoms with van der Waals surface area (Å²) in [6.45, 7) is 13.8. The summed E-state index contributed by atoms with van der Waals surface area (Å²) in [5, 5.41) is 0.650. The van der Waals surface area contributed by atoms with E-state index in [0.29, 0.717) is 50.2 Å². The molecule has 0 N–H and O–H groups in total. The van der Waals surface area contributed by atoms with Gasteiger partial charge < -0.3 is 14.7 Å². The van der Waals surface area contributed by atoms with Crippen molar-refractivity contribution in [3.63, 3.8) is 0 Å². The number of carbonyl (C=O) groups excluding carboxylic acids is 3. The Morgan fingerprint density at radius 1 is 0.881 bits per heavy atom. The van der Waals surface area contributed by atoms with Gasteiger partial charge in [-0.25, -0.2) is 4.39 Å². The fourth-order valence-electron chi connectivity index (χ4n) is 6.98. The summed E-state index contributed by atoms with van der Waals surface area (Å²) in [5.41, 5.74) is 0.295. The van der Waals surface area contributed by atoms with E-state index in [9.17, 15) is 18.8 Å². The van der Waals surface area contributed by atoms with E-state index >= 15 is 0 Å². The van der Waals surface area contributed by atoms with Gasteiger partial charge in [-0.2, -0.15) is 0 Å². The summed E-state index contributed by atoms with van der Waals surface area (Å²) < 4.78 is 14.1. The zero-order valence-corrected chi connectivity index (χ0v) is 27.5. The van der Waals surface area contributed by atoms with E-state index in [0.717, 1.165) is 12.1 Å². The SMILES string of the molecule is CN(C)C(=O)[C@@H]1C[C@H](N(C(=O)C(C)(C)C)C2CCC(F)CC2)CN1C(=O)[C@@H]1CN(C(C)(C)C)C[C@H]1c1ccc(Cl)cc1. The van der Waals surface area contributed by atoms with Crippen LogP contribution < -0.4 is 0 Å². The van der Waals surface area contributed by atoms with E-state index in [-0.39, 0.29) is 47.2 Å². The van der Waals surface area contributed by atoms with Crippen LogP contribution in [0.3, 0.4) is 0 Å². The fourth-order valence-corrected chi connectivity index (χ4v) is 7.11. The maximum atomic E-state index is 14.6. The van der Waals surface area contributed by atoms with Crippen molar-refractivity contribution in [2.75, 3.05) is 33.7 Å². The van der Waals surface area contributed by atoms with Gasteiger partial charge in [0, 0.05) is 61.7 Å². The van der Waals surface area contributed by atoms with Crippen LogP contribution in [0.15, 0.2) is 24.3 Å². The highest BCUT2D eigenvalue weighted by molar-refractivity contribution is 6.30. The van der Waals surface area contributed by atoms with Gasteiger partial charge in [-0.3, -0.25) is 19.3 Å². The second-order valence-electron chi connectivity index (χ2n) is 14.8. The number of hydrogen-bond donors (Lipinski definition) is 0. The maximum absolute atomic E-state index is 14.6. The lowest BCUT2D eigenvalue weighted by atomic mass is 9.87. The van der Waals surface area contributed by atoms with Crippen LogP contribution >= 0.6 is 11.6 Å². The van der Waals surface area contributed by atoms with Gasteiger partial charge in [0.1, 0.15) is 12.2 Å². The second kappa shape index (κ2) is 12.4. The molecule has 2 saturated heterocycles. The molecule has 0 spiro atoms. The minimum atomic E-state index is -0.838. The van der Waals surface area contributed by atoms with Crippen molar-refractivity contribution < 1.29 is 18.8 Å². The van der Waals surface area contributed by atoms with E-state index in [1.54, 1.807) is 23.9 Å². The van der Waals surface area contributed by atoms with Crippen molar-refractivity contribution in [2.24, 2.45) is 11.3 Å². The molecule has 4 rings (SSSR count). The molecule has 0 radical (unpaired) electrons. The van der Waals surface area contributed by atoms with Crippen LogP contribution in [-0.4, -0.2) is 101 Å². The quantitative estimate of drug-likeness (QED) is 0.454. The van der Waals surface area contributed by atoms with Crippen LogP contribution in [0.25, 0.3) is 0 Å². The molecule has 234 valence electrons. The van der Waals surface area contributed by atoms with E-state index in [1.807, 2.05) is 49.9 Å². The second-order valence-corrected chi connectivity index (χ2v) is 15.3. The molecule has 2 heterocycles. The first-order valence-electron chi connectivity index (χ1n) is 15.5. The smallest absolute Gasteiger partial charge is 0.244 e. The zero-order valence-electron chi connectivity index (χ0n) is 26.7. The Bertz CT molecular complexity index is 1140. The molecule has 3 aliphatic rings. The Morgan fingerprint density at radius 2 is 1.48 bits per heavy atom. The molecule has 0 aromatic heterocycles. The molecule has 1 saturated carbocycles. The summed E-state index contributed by atoms with van der Waals surface area (Å²) in [5.74, 6) is -0.556. The lowest BCUT2D eigenvalue weighted by Gasteiger charge is -2.42. The highest BCUT2D eigenvalue weighted by atomic mass is 35.5. The van der Waals surface area contributed by atoms with Gasteiger partial charge in [0.15, 0.2) is 0 Å². The molecule has 4 atom stereocenters. The fraction of sp³-hybridized carbons (Fsp3) is 0.727. The summed E-state index contributed by atoms with van der Waals surface area (Å²) in [7, 11) is 3.43. The van der Waals surface area contributed by atoms with Crippen molar-refractivity contribution >= 4 is 29.3 Å². The van der Waals surface area contributed by atoms with Gasteiger partial charge in [-0.15, -0.1) is 0 Å². The van der Waals surface area contributed by atoms with Crippen molar-refractivity contribution in [1.29, 1.82) is 0 Å². The average molecular weight is 605 g/mol. The van der Waals surface area contributed by atoms with Gasteiger partial charge in [-0.05, 0) is 70.6 Å². The Labute approximate surface area is 256 Å². The first kappa shape index (κ1) is 32.7. The molecule has 1 aromatic carbocycles. The highest BCUT2D eigenvalue weighted by Crippen LogP contribution is 2.40. The third-order valence-electron chi connectivity index (χ3n) is 9.46. The first-order chi connectivity index (χ1) is 19.5. The van der Waals surface area contributed by atoms with Crippen molar-refractivity contribution in [1.82, 2.24) is 19.6 Å². The normalized spacial score (nSPS) is 29.0. The van der Waals surface area contributed by atoms with Crippen molar-refractivity contribution in [3.05, 3.63) is 34.9 Å². The van der Waals surface area contributed by atoms with Crippen LogP contribution in [0.5, 0.6) is 0 Å². The summed E-state index contributed by atoms with van der Waals surface area (Å²) in [4.78, 5) is 49.7. The van der Waals surface area contributed by atoms with E-state index in [2.05, 4.69) is 25.7 Å². The molecule has 7 nitrogen and oxygen atoms in total. The Kier molecular flexibility index (Phi) is 9.68. The molecule has 1 aromatic rings. The molecular formula is C33H50ClFN4O3. The van der Waals surface area contributed by atoms with Gasteiger partial charge in [0.05, 0.1) is 12.0 Å². The van der Waals surface area contributed by atoms with E-state index in [4.69, 9.17) is 11.6 Å². The summed E-state index contributed by atoms with van der Waals surface area (Å²) in [6.07, 6.45) is 1.61. The molecule has 9 heteroatoms. The highest BCUT2D eigenvalue weighted by Gasteiger charge is 2.51. The number of likely N-dealkylation sites (tertiary alicyclic amines) is 2. The number of hydrogen-bond acceptors (Lipinski definition) is 4. The lowest BCUT2D eigenvalue weighted by Crippen LogP contribution is -2.53. The summed E-state index contributed by atoms with van der Waals surface area (Å²) >= 11 is 6.20. The summed E-state index contributed by atoms with van der Waals surface area (Å²) in [6, 6.07) is 6.68. The topological polar surface area (TPSA) is 64.2 Å². The molecule has 0 bridgehead atoms. The number of benzene rings is 1. The first-order valence-corrected chi connectivity index (χ1v) is 15.9. The van der Waals surface area contributed by atoms with Crippen molar-refractivity contribution in [3.8, 4) is 0 Å². The number of likely N-dealkylation sites (N-methyl/N-ethyl adjacent to an activating group) is 1. The third-order valence-corrected chi connectivity index (χ3v) is 9.71. The largest absolute Gasteiger partial charge is 0.347 e. The average Bonchev–Trinajstić information content (AvgIpc) is 3.55. The van der Waals surface area contributed by atoms with Gasteiger partial charge in [-0.1, -0.05) is 44.5 Å². The van der Waals surface area contributed by atoms with Gasteiger partial charge in [0.25, 0.3) is 0 Å². The van der Waals surface area contributed by atoms with E-state index < -0.39 is 17.6 Å². The molecule has 42 heavy (non-hydrogen) atoms. The lowest BCUT2D eigenvalue weighted by molar-refractivity contribution is -0.147. The Morgan fingerprint density at radius 3 is 2.00 bits per heavy atom. The molecular weight excluding hydrogens is 555 g/mol. The molecule has 3 fully saturated rings. The standard InChI is InChI=1S/C33H50ClFN4O3/c1-32(2,3)31(42)39(24-15-13-23(35)14-16-24)25-17-28(30(41)36(7)8)38(18-25)29(40)27-20-37(33(4,5)6)19-26(27)21-9-11-22(34)12-10-21/h9-12,23-28H,13-20H2,1-8H3/t23?,24?,25-,26-,27+,28-/m0/s1. The van der Waals surface area contributed by atoms with Crippen LogP contribution in [0.2, 0.25) is 5.02 Å². The number of rotatable bonds is 5. The Hall–Kier alpha value is -2.19. The Balaban J connectivity index is 1.69. The predicted molar refractivity (Wildman–Crippen MR) is 165 cm³/mol. The van der Waals surface area contributed by atoms with E-state index in [1.165, 1.54) is 0 Å². The number of nitrogens with zero attached hydrogens (tertiary/aromatic N) is 4. The number of amides is 3. The van der Waals surface area contributed by atoms with Crippen LogP contribution in [0.1, 0.15) is 85.1 Å². The molecule has 2 aliphatic heterocycles. The monoisotopic (exact) mass is 604 g/mol.